The van der Waals surface area contributed by atoms with E-state index in [2.05, 4.69) is 53.8 Å². The summed E-state index contributed by atoms with van der Waals surface area (Å²) < 4.78 is 2.01. The first-order chi connectivity index (χ1) is 13.7. The molecule has 0 spiro atoms. The van der Waals surface area contributed by atoms with Crippen LogP contribution in [-0.2, 0) is 19.3 Å². The van der Waals surface area contributed by atoms with E-state index in [0.717, 1.165) is 57.0 Å². The monoisotopic (exact) mass is 376 g/mol. The zero-order chi connectivity index (χ0) is 19.3. The van der Waals surface area contributed by atoms with Crippen molar-refractivity contribution in [2.24, 2.45) is 0 Å². The Balaban J connectivity index is 1.47. The molecule has 146 valence electrons. The molecule has 5 rings (SSSR count). The van der Waals surface area contributed by atoms with E-state index >= 15 is 0 Å². The molecule has 2 aliphatic rings. The van der Waals surface area contributed by atoms with Crippen LogP contribution in [0.15, 0.2) is 18.2 Å². The quantitative estimate of drug-likeness (QED) is 0.703. The Kier molecular flexibility index (Phi) is 4.22. The SMILES string of the molecule is CCc1nc2nc3c(c(N4CCN(c5cccc(C)c5C)CC4)n2n1)CCC3. The van der Waals surface area contributed by atoms with Gasteiger partial charge in [0, 0.05) is 43.9 Å². The predicted molar refractivity (Wildman–Crippen MR) is 113 cm³/mol. The Labute approximate surface area is 166 Å². The summed E-state index contributed by atoms with van der Waals surface area (Å²) in [5, 5.41) is 4.77. The van der Waals surface area contributed by atoms with Gasteiger partial charge in [-0.05, 0) is 50.3 Å². The van der Waals surface area contributed by atoms with Crippen LogP contribution in [-0.4, -0.2) is 45.8 Å². The summed E-state index contributed by atoms with van der Waals surface area (Å²) in [5.74, 6) is 2.89. The fourth-order valence-electron chi connectivity index (χ4n) is 4.61. The zero-order valence-electron chi connectivity index (χ0n) is 17.1. The summed E-state index contributed by atoms with van der Waals surface area (Å²) in [5.41, 5.74) is 6.75. The lowest BCUT2D eigenvalue weighted by Gasteiger charge is -2.38. The highest BCUT2D eigenvalue weighted by Crippen LogP contribution is 2.32. The highest BCUT2D eigenvalue weighted by molar-refractivity contribution is 5.60. The van der Waals surface area contributed by atoms with Crippen LogP contribution in [0.5, 0.6) is 0 Å². The predicted octanol–water partition coefficient (Wildman–Crippen LogP) is 3.12. The van der Waals surface area contributed by atoms with Gasteiger partial charge in [0.2, 0.25) is 0 Å². The number of benzene rings is 1. The molecule has 1 aliphatic carbocycles. The first-order valence-electron chi connectivity index (χ1n) is 10.5. The van der Waals surface area contributed by atoms with Crippen molar-refractivity contribution >= 4 is 17.3 Å². The van der Waals surface area contributed by atoms with Crippen LogP contribution >= 0.6 is 0 Å². The molecule has 0 saturated carbocycles. The van der Waals surface area contributed by atoms with Crippen molar-refractivity contribution in [1.29, 1.82) is 0 Å². The van der Waals surface area contributed by atoms with E-state index in [1.54, 1.807) is 0 Å². The minimum absolute atomic E-state index is 0.768. The van der Waals surface area contributed by atoms with Gasteiger partial charge >= 0.3 is 0 Å². The van der Waals surface area contributed by atoms with Crippen molar-refractivity contribution in [3.63, 3.8) is 0 Å². The fourth-order valence-corrected chi connectivity index (χ4v) is 4.61. The molecule has 28 heavy (non-hydrogen) atoms. The molecule has 3 heterocycles. The molecular formula is C22H28N6. The second-order valence-corrected chi connectivity index (χ2v) is 8.00. The molecule has 0 radical (unpaired) electrons. The number of aromatic nitrogens is 4. The molecule has 1 fully saturated rings. The highest BCUT2D eigenvalue weighted by Gasteiger charge is 2.28. The Morgan fingerprint density at radius 1 is 0.964 bits per heavy atom. The van der Waals surface area contributed by atoms with Gasteiger partial charge in [-0.15, -0.1) is 5.10 Å². The van der Waals surface area contributed by atoms with Crippen molar-refractivity contribution in [1.82, 2.24) is 19.6 Å². The average molecular weight is 377 g/mol. The lowest BCUT2D eigenvalue weighted by Crippen LogP contribution is -2.47. The van der Waals surface area contributed by atoms with Gasteiger partial charge in [0.1, 0.15) is 5.82 Å². The molecule has 3 aromatic rings. The Morgan fingerprint density at radius 2 is 1.75 bits per heavy atom. The molecule has 0 amide bonds. The number of nitrogens with zero attached hydrogens (tertiary/aromatic N) is 6. The van der Waals surface area contributed by atoms with Crippen LogP contribution in [0, 0.1) is 13.8 Å². The zero-order valence-corrected chi connectivity index (χ0v) is 17.1. The van der Waals surface area contributed by atoms with Crippen molar-refractivity contribution in [3.05, 3.63) is 46.4 Å². The number of piperazine rings is 1. The van der Waals surface area contributed by atoms with Gasteiger partial charge in [0.15, 0.2) is 5.82 Å². The normalized spacial score (nSPS) is 16.8. The van der Waals surface area contributed by atoms with E-state index in [1.807, 2.05) is 4.52 Å². The van der Waals surface area contributed by atoms with E-state index in [0.29, 0.717) is 0 Å². The second-order valence-electron chi connectivity index (χ2n) is 8.00. The largest absolute Gasteiger partial charge is 0.368 e. The summed E-state index contributed by atoms with van der Waals surface area (Å²) >= 11 is 0. The van der Waals surface area contributed by atoms with Gasteiger partial charge in [0.25, 0.3) is 5.78 Å². The van der Waals surface area contributed by atoms with Crippen molar-refractivity contribution in [2.75, 3.05) is 36.0 Å². The number of fused-ring (bicyclic) bond motifs is 2. The number of hydrogen-bond donors (Lipinski definition) is 0. The summed E-state index contributed by atoms with van der Waals surface area (Å²) in [6.45, 7) is 10.6. The van der Waals surface area contributed by atoms with Crippen molar-refractivity contribution < 1.29 is 0 Å². The molecule has 0 atom stereocenters. The molecule has 6 nitrogen and oxygen atoms in total. The Bertz CT molecular complexity index is 1030. The van der Waals surface area contributed by atoms with Crippen molar-refractivity contribution in [2.45, 2.75) is 46.5 Å². The summed E-state index contributed by atoms with van der Waals surface area (Å²) in [6, 6.07) is 6.62. The maximum absolute atomic E-state index is 4.82. The Hall–Kier alpha value is -2.63. The highest BCUT2D eigenvalue weighted by atomic mass is 15.4. The topological polar surface area (TPSA) is 49.6 Å². The van der Waals surface area contributed by atoms with Gasteiger partial charge in [-0.1, -0.05) is 19.1 Å². The van der Waals surface area contributed by atoms with Crippen LogP contribution in [0.1, 0.15) is 41.6 Å². The van der Waals surface area contributed by atoms with E-state index in [4.69, 9.17) is 10.1 Å². The van der Waals surface area contributed by atoms with E-state index < -0.39 is 0 Å². The first-order valence-corrected chi connectivity index (χ1v) is 10.5. The van der Waals surface area contributed by atoms with E-state index in [1.165, 1.54) is 40.3 Å². The molecule has 1 aliphatic heterocycles. The third kappa shape index (κ3) is 2.74. The van der Waals surface area contributed by atoms with E-state index in [9.17, 15) is 0 Å². The van der Waals surface area contributed by atoms with Crippen LogP contribution in [0.25, 0.3) is 5.78 Å². The standard InChI is InChI=1S/C22H28N6/c1-4-20-24-22-23-18-9-6-8-17(18)21(28(22)25-20)27-13-11-26(12-14-27)19-10-5-7-15(2)16(19)3/h5,7,10H,4,6,8-9,11-14H2,1-3H3. The number of anilines is 2. The summed E-state index contributed by atoms with van der Waals surface area (Å²) in [7, 11) is 0. The number of rotatable bonds is 3. The third-order valence-corrected chi connectivity index (χ3v) is 6.34. The summed E-state index contributed by atoms with van der Waals surface area (Å²) in [6.07, 6.45) is 4.20. The molecule has 6 heteroatoms. The minimum Gasteiger partial charge on any atom is -0.368 e. The summed E-state index contributed by atoms with van der Waals surface area (Å²) in [4.78, 5) is 14.5. The first kappa shape index (κ1) is 17.5. The number of aryl methyl sites for hydroxylation is 3. The van der Waals surface area contributed by atoms with Crippen LogP contribution in [0.2, 0.25) is 0 Å². The van der Waals surface area contributed by atoms with Crippen LogP contribution in [0.3, 0.4) is 0 Å². The average Bonchev–Trinajstić information content (AvgIpc) is 3.34. The van der Waals surface area contributed by atoms with E-state index in [-0.39, 0.29) is 0 Å². The third-order valence-electron chi connectivity index (χ3n) is 6.34. The lowest BCUT2D eigenvalue weighted by atomic mass is 10.1. The minimum atomic E-state index is 0.768. The van der Waals surface area contributed by atoms with Crippen LogP contribution < -0.4 is 9.80 Å². The van der Waals surface area contributed by atoms with Gasteiger partial charge in [-0.25, -0.2) is 4.98 Å². The molecule has 1 aromatic carbocycles. The van der Waals surface area contributed by atoms with Gasteiger partial charge in [-0.2, -0.15) is 9.50 Å². The molecular weight excluding hydrogens is 348 g/mol. The smallest absolute Gasteiger partial charge is 0.254 e. The molecule has 0 unspecified atom stereocenters. The Morgan fingerprint density at radius 3 is 2.54 bits per heavy atom. The number of hydrogen-bond acceptors (Lipinski definition) is 5. The van der Waals surface area contributed by atoms with Gasteiger partial charge in [0.05, 0.1) is 5.69 Å². The maximum Gasteiger partial charge on any atom is 0.254 e. The maximum atomic E-state index is 4.82. The lowest BCUT2D eigenvalue weighted by molar-refractivity contribution is 0.633. The molecule has 0 bridgehead atoms. The van der Waals surface area contributed by atoms with Crippen LogP contribution in [0.4, 0.5) is 11.5 Å². The molecule has 0 N–H and O–H groups in total. The molecule has 1 saturated heterocycles. The fraction of sp³-hybridized carbons (Fsp3) is 0.500. The van der Waals surface area contributed by atoms with Crippen molar-refractivity contribution in [3.8, 4) is 0 Å². The second kappa shape index (κ2) is 6.76. The van der Waals surface area contributed by atoms with Gasteiger partial charge in [-0.3, -0.25) is 0 Å². The molecule has 2 aromatic heterocycles. The van der Waals surface area contributed by atoms with Gasteiger partial charge < -0.3 is 9.80 Å².